The maximum atomic E-state index is 6.91. The van der Waals surface area contributed by atoms with Crippen molar-refractivity contribution in [2.24, 2.45) is 0 Å². The molecule has 0 amide bonds. The van der Waals surface area contributed by atoms with Gasteiger partial charge in [-0.3, -0.25) is 0 Å². The third-order valence-corrected chi connectivity index (χ3v) is 17.3. The van der Waals surface area contributed by atoms with Crippen molar-refractivity contribution >= 4 is 73.2 Å². The Bertz CT molecular complexity index is 2900. The first-order chi connectivity index (χ1) is 37.6. The van der Waals surface area contributed by atoms with Gasteiger partial charge in [0.15, 0.2) is 0 Å². The molecule has 9 rings (SSSR count). The molecule has 0 N–H and O–H groups in total. The molecule has 0 aliphatic heterocycles. The van der Waals surface area contributed by atoms with E-state index in [0.717, 1.165) is 52.7 Å². The highest BCUT2D eigenvalue weighted by Gasteiger charge is 2.22. The average Bonchev–Trinajstić information content (AvgIpc) is 3.47. The van der Waals surface area contributed by atoms with Gasteiger partial charge in [0.25, 0.3) is 0 Å². The van der Waals surface area contributed by atoms with Gasteiger partial charge in [-0.05, 0) is 156 Å². The van der Waals surface area contributed by atoms with E-state index < -0.39 is 8.60 Å². The fraction of sp³-hybridized carbons (Fsp3) is 0.417. The third kappa shape index (κ3) is 14.9. The first-order valence-electron chi connectivity index (χ1n) is 30.3. The van der Waals surface area contributed by atoms with Crippen LogP contribution >= 0.6 is 8.60 Å². The van der Waals surface area contributed by atoms with Crippen molar-refractivity contribution in [2.75, 3.05) is 0 Å². The smallest absolute Gasteiger partial charge is 0.408 e. The van der Waals surface area contributed by atoms with E-state index in [-0.39, 0.29) is 0 Å². The molecular formula is C72H87O3P. The summed E-state index contributed by atoms with van der Waals surface area (Å²) in [6.45, 7) is 6.88. The maximum absolute atomic E-state index is 6.91. The lowest BCUT2D eigenvalue weighted by molar-refractivity contribution is 0.389. The van der Waals surface area contributed by atoms with Crippen LogP contribution < -0.4 is 13.6 Å². The van der Waals surface area contributed by atoms with Gasteiger partial charge < -0.3 is 13.6 Å². The lowest BCUT2D eigenvalue weighted by Gasteiger charge is -2.19. The molecule has 9 aromatic carbocycles. The van der Waals surface area contributed by atoms with Crippen LogP contribution in [0.15, 0.2) is 146 Å². The minimum Gasteiger partial charge on any atom is -0.408 e. The van der Waals surface area contributed by atoms with Crippen LogP contribution in [-0.4, -0.2) is 0 Å². The zero-order valence-corrected chi connectivity index (χ0v) is 47.5. The molecule has 0 spiro atoms. The van der Waals surface area contributed by atoms with Crippen LogP contribution in [0.25, 0.3) is 64.6 Å². The van der Waals surface area contributed by atoms with Crippen molar-refractivity contribution in [3.05, 3.63) is 162 Å². The molecule has 9 aromatic rings. The van der Waals surface area contributed by atoms with Crippen molar-refractivity contribution in [3.8, 4) is 17.2 Å². The summed E-state index contributed by atoms with van der Waals surface area (Å²) in [7, 11) is -1.93. The number of benzene rings is 9. The summed E-state index contributed by atoms with van der Waals surface area (Å²) in [6.07, 6.45) is 35.1. The van der Waals surface area contributed by atoms with Gasteiger partial charge in [-0.15, -0.1) is 0 Å². The van der Waals surface area contributed by atoms with Gasteiger partial charge in [0, 0.05) is 0 Å². The van der Waals surface area contributed by atoms with Crippen molar-refractivity contribution in [2.45, 2.75) is 194 Å². The molecule has 398 valence electrons. The van der Waals surface area contributed by atoms with Crippen LogP contribution in [0.4, 0.5) is 0 Å². The molecule has 0 fully saturated rings. The van der Waals surface area contributed by atoms with Gasteiger partial charge in [0.05, 0.1) is 0 Å². The second-order valence-corrected chi connectivity index (χ2v) is 23.1. The quantitative estimate of drug-likeness (QED) is 0.0233. The first kappa shape index (κ1) is 55.1. The van der Waals surface area contributed by atoms with E-state index >= 15 is 0 Å². The number of hydrogen-bond acceptors (Lipinski definition) is 3. The van der Waals surface area contributed by atoms with Crippen LogP contribution in [0.3, 0.4) is 0 Å². The van der Waals surface area contributed by atoms with Crippen LogP contribution in [0.1, 0.15) is 192 Å². The van der Waals surface area contributed by atoms with Gasteiger partial charge in [0.1, 0.15) is 17.2 Å². The second kappa shape index (κ2) is 29.2. The number of aryl methyl sites for hydroxylation is 3. The Morgan fingerprint density at radius 2 is 0.526 bits per heavy atom. The van der Waals surface area contributed by atoms with Gasteiger partial charge in [-0.2, -0.15) is 0 Å². The molecule has 0 aliphatic rings. The fourth-order valence-electron chi connectivity index (χ4n) is 12.0. The van der Waals surface area contributed by atoms with Gasteiger partial charge in [-0.1, -0.05) is 265 Å². The van der Waals surface area contributed by atoms with Crippen LogP contribution in [-0.2, 0) is 19.3 Å². The zero-order valence-electron chi connectivity index (χ0n) is 46.6. The summed E-state index contributed by atoms with van der Waals surface area (Å²) in [6, 6.07) is 53.6. The van der Waals surface area contributed by atoms with E-state index in [1.54, 1.807) is 0 Å². The average molecular weight is 1030 g/mol. The molecule has 0 unspecified atom stereocenters. The predicted octanol–water partition coefficient (Wildman–Crippen LogP) is 23.4. The number of fused-ring (bicyclic) bond motifs is 9. The Morgan fingerprint density at radius 1 is 0.263 bits per heavy atom. The summed E-state index contributed by atoms with van der Waals surface area (Å²) in [5.74, 6) is 2.19. The van der Waals surface area contributed by atoms with Crippen molar-refractivity contribution in [1.29, 1.82) is 0 Å². The van der Waals surface area contributed by atoms with E-state index in [1.807, 2.05) is 0 Å². The van der Waals surface area contributed by atoms with Gasteiger partial charge in [-0.25, -0.2) is 0 Å². The minimum atomic E-state index is -1.93. The van der Waals surface area contributed by atoms with E-state index in [9.17, 15) is 0 Å². The Kier molecular flexibility index (Phi) is 21.2. The molecule has 0 heterocycles. The zero-order chi connectivity index (χ0) is 52.2. The second-order valence-electron chi connectivity index (χ2n) is 22.1. The summed E-state index contributed by atoms with van der Waals surface area (Å²) in [4.78, 5) is 0. The molecule has 0 aromatic heterocycles. The van der Waals surface area contributed by atoms with Gasteiger partial charge in [0.2, 0.25) is 0 Å². The standard InChI is InChI=1S/C72H87O3P/c1-4-7-10-13-16-19-22-25-31-55-34-28-37-58-40-43-61-52-64(46-49-67(61)70(55)58)73-76(74-65-47-50-68-62(53-65)44-41-59-38-29-35-56(71(59)68)32-26-23-20-17-14-11-8-5-2)75-66-48-51-69-63(54-66)45-42-60-39-30-36-57(72(60)69)33-27-24-21-18-15-12-9-6-3/h28-30,34-54H,4-27,31-33H2,1-3H3. The Hall–Kier alpha value is -5.63. The Balaban J connectivity index is 0.969. The largest absolute Gasteiger partial charge is 0.530 e. The number of hydrogen-bond donors (Lipinski definition) is 0. The molecule has 0 saturated heterocycles. The Labute approximate surface area is 458 Å². The van der Waals surface area contributed by atoms with E-state index in [2.05, 4.69) is 166 Å². The molecule has 3 nitrogen and oxygen atoms in total. The monoisotopic (exact) mass is 1030 g/mol. The summed E-state index contributed by atoms with van der Waals surface area (Å²) < 4.78 is 20.7. The SMILES string of the molecule is CCCCCCCCCCc1cccc2ccc3cc(OP(Oc4ccc5c(ccc6cccc(CCCCCCCCCC)c65)c4)Oc4ccc5c(ccc6cccc(CCCCCCCCCC)c65)c4)ccc3c12. The Morgan fingerprint density at radius 3 is 0.816 bits per heavy atom. The molecule has 4 heteroatoms. The molecule has 0 saturated carbocycles. The molecule has 76 heavy (non-hydrogen) atoms. The molecule has 0 aliphatic carbocycles. The highest BCUT2D eigenvalue weighted by atomic mass is 31.2. The first-order valence-corrected chi connectivity index (χ1v) is 31.4. The summed E-state index contributed by atoms with van der Waals surface area (Å²) >= 11 is 0. The topological polar surface area (TPSA) is 27.7 Å². The van der Waals surface area contributed by atoms with Crippen LogP contribution in [0.2, 0.25) is 0 Å². The molecule has 0 atom stereocenters. The van der Waals surface area contributed by atoms with Crippen molar-refractivity contribution in [3.63, 3.8) is 0 Å². The molecule has 0 radical (unpaired) electrons. The lowest BCUT2D eigenvalue weighted by Crippen LogP contribution is -2.02. The van der Waals surface area contributed by atoms with Crippen molar-refractivity contribution in [1.82, 2.24) is 0 Å². The molecule has 0 bridgehead atoms. The van der Waals surface area contributed by atoms with Crippen LogP contribution in [0.5, 0.6) is 17.2 Å². The fourth-order valence-corrected chi connectivity index (χ4v) is 12.9. The summed E-state index contributed by atoms with van der Waals surface area (Å²) in [5, 5.41) is 15.2. The van der Waals surface area contributed by atoms with E-state index in [1.165, 1.54) is 219 Å². The normalized spacial score (nSPS) is 11.8. The van der Waals surface area contributed by atoms with E-state index in [0.29, 0.717) is 0 Å². The number of unbranched alkanes of at least 4 members (excludes halogenated alkanes) is 21. The minimum absolute atomic E-state index is 0.730. The van der Waals surface area contributed by atoms with E-state index in [4.69, 9.17) is 13.6 Å². The maximum Gasteiger partial charge on any atom is 0.530 e. The van der Waals surface area contributed by atoms with Gasteiger partial charge >= 0.3 is 8.60 Å². The number of rotatable bonds is 33. The van der Waals surface area contributed by atoms with Crippen LogP contribution in [0, 0.1) is 0 Å². The predicted molar refractivity (Wildman–Crippen MR) is 332 cm³/mol. The highest BCUT2D eigenvalue weighted by Crippen LogP contribution is 2.46. The third-order valence-electron chi connectivity index (χ3n) is 16.2. The lowest BCUT2D eigenvalue weighted by atomic mass is 9.94. The molecular weight excluding hydrogens is 944 g/mol. The highest BCUT2D eigenvalue weighted by molar-refractivity contribution is 7.43. The van der Waals surface area contributed by atoms with Crippen molar-refractivity contribution < 1.29 is 13.6 Å². The summed E-state index contributed by atoms with van der Waals surface area (Å²) in [5.41, 5.74) is 4.31.